The summed E-state index contributed by atoms with van der Waals surface area (Å²) in [6.45, 7) is 2.08. The van der Waals surface area contributed by atoms with Crippen molar-refractivity contribution in [2.75, 3.05) is 0 Å². The van der Waals surface area contributed by atoms with Crippen LogP contribution in [0.15, 0.2) is 0 Å². The molecule has 11 heteroatoms. The zero-order valence-electron chi connectivity index (χ0n) is 28.3. The van der Waals surface area contributed by atoms with E-state index in [4.69, 9.17) is 10.2 Å². The Labute approximate surface area is 285 Å². The Kier molecular flexibility index (Phi) is 17.9. The summed E-state index contributed by atoms with van der Waals surface area (Å²) in [6.07, 6.45) is 25.0. The van der Waals surface area contributed by atoms with Crippen LogP contribution in [0.4, 0.5) is 0 Å². The van der Waals surface area contributed by atoms with Gasteiger partial charge in [0.2, 0.25) is 0 Å². The lowest BCUT2D eigenvalue weighted by Crippen LogP contribution is -2.33. The molecule has 7 nitrogen and oxygen atoms in total. The average Bonchev–Trinajstić information content (AvgIpc) is 3.41. The molecular formula is C35H54B4O7. The number of rotatable bonds is 5. The minimum absolute atomic E-state index is 0. The van der Waals surface area contributed by atoms with E-state index in [0.29, 0.717) is 45.9 Å². The van der Waals surface area contributed by atoms with Gasteiger partial charge in [0.05, 0.1) is 6.42 Å². The summed E-state index contributed by atoms with van der Waals surface area (Å²) in [7, 11) is 0. The molecule has 7 fully saturated rings. The minimum atomic E-state index is -0.836. The molecule has 7 rings (SSSR count). The van der Waals surface area contributed by atoms with E-state index in [2.05, 4.69) is 6.92 Å². The molecule has 7 aliphatic rings. The molecule has 46 heavy (non-hydrogen) atoms. The van der Waals surface area contributed by atoms with Crippen LogP contribution >= 0.6 is 0 Å². The smallest absolute Gasteiger partial charge is 0.303 e. The lowest BCUT2D eigenvalue weighted by Gasteiger charge is -2.44. The molecule has 3 spiro atoms. The van der Waals surface area contributed by atoms with Gasteiger partial charge in [-0.1, -0.05) is 32.6 Å². The number of carbonyl (C=O) groups excluding carboxylic acids is 3. The van der Waals surface area contributed by atoms with Gasteiger partial charge in [-0.2, -0.15) is 0 Å². The summed E-state index contributed by atoms with van der Waals surface area (Å²) in [5, 5.41) is 17.1. The van der Waals surface area contributed by atoms with Crippen molar-refractivity contribution in [2.45, 2.75) is 161 Å². The van der Waals surface area contributed by atoms with Crippen LogP contribution in [0.3, 0.4) is 0 Å². The predicted octanol–water partition coefficient (Wildman–Crippen LogP) is 6.34. The molecule has 1 atom stereocenters. The van der Waals surface area contributed by atoms with Crippen LogP contribution in [0.5, 0.6) is 0 Å². The van der Waals surface area contributed by atoms with E-state index in [-0.39, 0.29) is 51.9 Å². The molecule has 7 aliphatic carbocycles. The number of aliphatic carboxylic acids is 2. The largest absolute Gasteiger partial charge is 0.481 e. The second kappa shape index (κ2) is 18.7. The monoisotopic (exact) mass is 630 g/mol. The Morgan fingerprint density at radius 2 is 1.07 bits per heavy atom. The highest BCUT2D eigenvalue weighted by Crippen LogP contribution is 2.54. The summed E-state index contributed by atoms with van der Waals surface area (Å²) < 4.78 is 0. The number of hydrogen-bond donors (Lipinski definition) is 2. The molecule has 7 saturated carbocycles. The van der Waals surface area contributed by atoms with Crippen molar-refractivity contribution in [1.82, 2.24) is 0 Å². The first-order chi connectivity index (χ1) is 19.9. The molecule has 0 bridgehead atoms. The molecule has 0 aliphatic heterocycles. The summed E-state index contributed by atoms with van der Waals surface area (Å²) in [5.41, 5.74) is 1.51. The molecule has 0 saturated heterocycles. The summed E-state index contributed by atoms with van der Waals surface area (Å²) in [4.78, 5) is 53.8. The number of Topliss-reactive ketones (excluding diaryl/α,β-unsaturated/α-hetero) is 3. The van der Waals surface area contributed by atoms with Gasteiger partial charge in [0, 0.05) is 78.1 Å². The minimum Gasteiger partial charge on any atom is -0.481 e. The maximum Gasteiger partial charge on any atom is 0.303 e. The standard InChI is InChI=1S/C9H14O4.2C9H14O.C8H12O.4B/c10-7(11)2-5-9(3-1-4-9)6-8(12)13;10-8-2-6-9(7-3-8)4-1-5-9;1-7-5-9(3-2-4-9)6-8(7)10;9-7-2-5-8(6-7)3-1-4-8;;;;/h1-6H2,(H,10,11)(H,12,13);1-7H2;7H,2-6H2,1H3;1-6H2;;;;. The maximum atomic E-state index is 11.2. The Morgan fingerprint density at radius 3 is 1.33 bits per heavy atom. The second-order valence-electron chi connectivity index (χ2n) is 15.4. The van der Waals surface area contributed by atoms with E-state index in [0.717, 1.165) is 51.4 Å². The first-order valence-electron chi connectivity index (χ1n) is 16.9. The number of carboxylic acid groups (broad SMARTS) is 2. The molecular weight excluding hydrogens is 576 g/mol. The zero-order chi connectivity index (χ0) is 30.4. The van der Waals surface area contributed by atoms with E-state index in [9.17, 15) is 24.0 Å². The van der Waals surface area contributed by atoms with E-state index in [1.54, 1.807) is 0 Å². The van der Waals surface area contributed by atoms with Crippen molar-refractivity contribution in [2.24, 2.45) is 27.6 Å². The Bertz CT molecular complexity index is 1020. The fourth-order valence-corrected chi connectivity index (χ4v) is 8.66. The molecule has 0 amide bonds. The van der Waals surface area contributed by atoms with Crippen LogP contribution in [0.25, 0.3) is 0 Å². The highest BCUT2D eigenvalue weighted by molar-refractivity contribution is 5.84. The quantitative estimate of drug-likeness (QED) is 0.340. The van der Waals surface area contributed by atoms with Crippen LogP contribution in [-0.2, 0) is 24.0 Å². The van der Waals surface area contributed by atoms with Crippen molar-refractivity contribution in [3.63, 3.8) is 0 Å². The third-order valence-corrected chi connectivity index (χ3v) is 12.3. The molecule has 248 valence electrons. The first kappa shape index (κ1) is 44.2. The number of ketones is 3. The Hall–Kier alpha value is -1.79. The van der Waals surface area contributed by atoms with Crippen molar-refractivity contribution in [1.29, 1.82) is 0 Å². The topological polar surface area (TPSA) is 126 Å². The number of carboxylic acids is 2. The maximum absolute atomic E-state index is 11.2. The molecule has 1 unspecified atom stereocenters. The van der Waals surface area contributed by atoms with Gasteiger partial charge < -0.3 is 10.2 Å². The third-order valence-electron chi connectivity index (χ3n) is 12.3. The van der Waals surface area contributed by atoms with Gasteiger partial charge in [-0.25, -0.2) is 0 Å². The van der Waals surface area contributed by atoms with E-state index in [1.165, 1.54) is 83.5 Å². The normalized spacial score (nSPS) is 25.9. The van der Waals surface area contributed by atoms with Crippen LogP contribution < -0.4 is 0 Å². The summed E-state index contributed by atoms with van der Waals surface area (Å²) in [5.74, 6) is 0.244. The molecule has 0 aromatic carbocycles. The van der Waals surface area contributed by atoms with E-state index >= 15 is 0 Å². The SMILES string of the molecule is CC1CC2(CCC2)CC1=O.O=C(O)CCC1(CC(=O)O)CCC1.O=C1CCC2(CCC2)C1.O=C1CCC2(CCC2)CC1.[B].[B].[B].[B]. The van der Waals surface area contributed by atoms with Crippen molar-refractivity contribution < 1.29 is 34.2 Å². The molecule has 12 radical (unpaired) electrons. The van der Waals surface area contributed by atoms with Gasteiger partial charge in [-0.3, -0.25) is 24.0 Å². The van der Waals surface area contributed by atoms with E-state index in [1.807, 2.05) is 0 Å². The second-order valence-corrected chi connectivity index (χ2v) is 15.4. The first-order valence-corrected chi connectivity index (χ1v) is 16.9. The van der Waals surface area contributed by atoms with Gasteiger partial charge >= 0.3 is 11.9 Å². The Morgan fingerprint density at radius 1 is 0.609 bits per heavy atom. The third kappa shape index (κ3) is 11.7. The van der Waals surface area contributed by atoms with Crippen LogP contribution in [-0.4, -0.2) is 73.2 Å². The van der Waals surface area contributed by atoms with Gasteiger partial charge in [-0.15, -0.1) is 0 Å². The molecule has 2 N–H and O–H groups in total. The lowest BCUT2D eigenvalue weighted by molar-refractivity contribution is -0.144. The Balaban J connectivity index is 0.000000574. The molecule has 0 aromatic rings. The van der Waals surface area contributed by atoms with E-state index < -0.39 is 11.9 Å². The summed E-state index contributed by atoms with van der Waals surface area (Å²) in [6, 6.07) is 0. The molecule has 0 aromatic heterocycles. The van der Waals surface area contributed by atoms with Crippen molar-refractivity contribution in [3.8, 4) is 0 Å². The fraction of sp³-hybridized carbons (Fsp3) is 0.857. The van der Waals surface area contributed by atoms with Crippen molar-refractivity contribution >= 4 is 62.9 Å². The van der Waals surface area contributed by atoms with Crippen LogP contribution in [0.2, 0.25) is 0 Å². The lowest BCUT2D eigenvalue weighted by atomic mass is 9.61. The van der Waals surface area contributed by atoms with Gasteiger partial charge in [0.1, 0.15) is 17.3 Å². The predicted molar refractivity (Wildman–Crippen MR) is 183 cm³/mol. The summed E-state index contributed by atoms with van der Waals surface area (Å²) >= 11 is 0. The zero-order valence-corrected chi connectivity index (χ0v) is 28.3. The number of carbonyl (C=O) groups is 5. The number of hydrogen-bond acceptors (Lipinski definition) is 5. The highest BCUT2D eigenvalue weighted by Gasteiger charge is 2.46. The van der Waals surface area contributed by atoms with Gasteiger partial charge in [0.25, 0.3) is 0 Å². The van der Waals surface area contributed by atoms with Gasteiger partial charge in [-0.05, 0) is 105 Å². The van der Waals surface area contributed by atoms with Crippen LogP contribution in [0.1, 0.15) is 161 Å². The van der Waals surface area contributed by atoms with Crippen LogP contribution in [0, 0.1) is 27.6 Å². The highest BCUT2D eigenvalue weighted by atomic mass is 16.4. The van der Waals surface area contributed by atoms with Gasteiger partial charge in [0.15, 0.2) is 0 Å². The molecule has 0 heterocycles. The van der Waals surface area contributed by atoms with Crippen molar-refractivity contribution in [3.05, 3.63) is 0 Å². The average molecular weight is 630 g/mol. The fourth-order valence-electron chi connectivity index (χ4n) is 8.66.